The van der Waals surface area contributed by atoms with Crippen molar-refractivity contribution in [2.24, 2.45) is 0 Å². The summed E-state index contributed by atoms with van der Waals surface area (Å²) in [6.07, 6.45) is 2.87. The van der Waals surface area contributed by atoms with Gasteiger partial charge in [0.2, 0.25) is 0 Å². The zero-order chi connectivity index (χ0) is 11.4. The van der Waals surface area contributed by atoms with Crippen LogP contribution in [0.5, 0.6) is 5.75 Å². The summed E-state index contributed by atoms with van der Waals surface area (Å²) in [4.78, 5) is 14.2. The lowest BCUT2D eigenvalue weighted by Gasteiger charge is -2.02. The second kappa shape index (κ2) is 4.43. The van der Waals surface area contributed by atoms with E-state index in [0.717, 1.165) is 0 Å². The molecule has 0 aromatic carbocycles. The normalized spacial score (nSPS) is 10.0. The Morgan fingerprint density at radius 2 is 2.31 bits per heavy atom. The van der Waals surface area contributed by atoms with Crippen LogP contribution in [0, 0.1) is 0 Å². The highest BCUT2D eigenvalue weighted by Gasteiger charge is 2.04. The number of carboxylic acids is 1. The number of aromatic nitrogens is 2. The first-order valence-electron chi connectivity index (χ1n) is 4.47. The monoisotopic (exact) mass is 220 g/mol. The second-order valence-corrected chi connectivity index (χ2v) is 2.95. The summed E-state index contributed by atoms with van der Waals surface area (Å²) < 4.78 is 10.1. The van der Waals surface area contributed by atoms with Gasteiger partial charge in [-0.1, -0.05) is 5.16 Å². The van der Waals surface area contributed by atoms with Crippen LogP contribution < -0.4 is 4.74 Å². The highest BCUT2D eigenvalue weighted by atomic mass is 16.5. The van der Waals surface area contributed by atoms with Gasteiger partial charge in [-0.25, -0.2) is 9.78 Å². The summed E-state index contributed by atoms with van der Waals surface area (Å²) in [7, 11) is 0. The van der Waals surface area contributed by atoms with E-state index in [1.807, 2.05) is 0 Å². The maximum Gasteiger partial charge on any atom is 0.354 e. The molecular weight excluding hydrogens is 212 g/mol. The van der Waals surface area contributed by atoms with Crippen molar-refractivity contribution in [2.75, 3.05) is 0 Å². The van der Waals surface area contributed by atoms with Gasteiger partial charge in [-0.3, -0.25) is 0 Å². The number of hydrogen-bond donors (Lipinski definition) is 1. The number of ether oxygens (including phenoxy) is 1. The van der Waals surface area contributed by atoms with E-state index >= 15 is 0 Å². The highest BCUT2D eigenvalue weighted by Crippen LogP contribution is 2.11. The van der Waals surface area contributed by atoms with Crippen molar-refractivity contribution in [3.05, 3.63) is 42.0 Å². The molecule has 0 radical (unpaired) electrons. The molecule has 0 fully saturated rings. The fraction of sp³-hybridized carbons (Fsp3) is 0.100. The molecule has 16 heavy (non-hydrogen) atoms. The van der Waals surface area contributed by atoms with Gasteiger partial charge >= 0.3 is 5.97 Å². The van der Waals surface area contributed by atoms with E-state index < -0.39 is 5.97 Å². The van der Waals surface area contributed by atoms with Crippen LogP contribution in [0.15, 0.2) is 35.1 Å². The van der Waals surface area contributed by atoms with E-state index in [2.05, 4.69) is 10.1 Å². The van der Waals surface area contributed by atoms with Crippen LogP contribution in [0.3, 0.4) is 0 Å². The Bertz CT molecular complexity index is 464. The lowest BCUT2D eigenvalue weighted by Crippen LogP contribution is -2.00. The molecule has 0 bridgehead atoms. The number of carboxylic acid groups (broad SMARTS) is 1. The van der Waals surface area contributed by atoms with Crippen molar-refractivity contribution < 1.29 is 19.2 Å². The minimum absolute atomic E-state index is 0.0213. The van der Waals surface area contributed by atoms with Crippen LogP contribution in [-0.4, -0.2) is 21.2 Å². The Balaban J connectivity index is 1.98. The molecular formula is C10H8N2O4. The molecule has 2 heterocycles. The van der Waals surface area contributed by atoms with Crippen molar-refractivity contribution in [2.45, 2.75) is 6.61 Å². The molecule has 0 spiro atoms. The van der Waals surface area contributed by atoms with Crippen LogP contribution in [-0.2, 0) is 6.61 Å². The Morgan fingerprint density at radius 3 is 2.88 bits per heavy atom. The minimum Gasteiger partial charge on any atom is -0.484 e. The third-order valence-electron chi connectivity index (χ3n) is 1.83. The van der Waals surface area contributed by atoms with Crippen LogP contribution in [0.2, 0.25) is 0 Å². The zero-order valence-corrected chi connectivity index (χ0v) is 8.16. The van der Waals surface area contributed by atoms with Crippen LogP contribution in [0.25, 0.3) is 0 Å². The maximum absolute atomic E-state index is 10.5. The molecule has 2 rings (SSSR count). The fourth-order valence-corrected chi connectivity index (χ4v) is 1.06. The summed E-state index contributed by atoms with van der Waals surface area (Å²) >= 11 is 0. The fourth-order valence-electron chi connectivity index (χ4n) is 1.06. The topological polar surface area (TPSA) is 85.5 Å². The van der Waals surface area contributed by atoms with E-state index in [9.17, 15) is 4.79 Å². The average molecular weight is 220 g/mol. The molecule has 0 aliphatic carbocycles. The van der Waals surface area contributed by atoms with Crippen molar-refractivity contribution in [1.29, 1.82) is 0 Å². The van der Waals surface area contributed by atoms with Crippen molar-refractivity contribution in [3.8, 4) is 5.75 Å². The third-order valence-corrected chi connectivity index (χ3v) is 1.83. The summed E-state index contributed by atoms with van der Waals surface area (Å²) in [6.45, 7) is 0.230. The van der Waals surface area contributed by atoms with Crippen LogP contribution in [0.4, 0.5) is 0 Å². The molecule has 82 valence electrons. The SMILES string of the molecule is O=C(O)c1ccc(OCc2ccno2)cn1. The molecule has 0 saturated heterocycles. The molecule has 0 aliphatic heterocycles. The maximum atomic E-state index is 10.5. The van der Waals surface area contributed by atoms with E-state index in [0.29, 0.717) is 11.5 Å². The van der Waals surface area contributed by atoms with E-state index in [4.69, 9.17) is 14.4 Å². The zero-order valence-electron chi connectivity index (χ0n) is 8.16. The molecule has 0 aliphatic rings. The Hall–Kier alpha value is -2.37. The summed E-state index contributed by atoms with van der Waals surface area (Å²) in [6, 6.07) is 4.59. The number of aromatic carboxylic acids is 1. The molecule has 6 nitrogen and oxygen atoms in total. The smallest absolute Gasteiger partial charge is 0.354 e. The Kier molecular flexibility index (Phi) is 2.81. The highest BCUT2D eigenvalue weighted by molar-refractivity contribution is 5.85. The minimum atomic E-state index is -1.07. The van der Waals surface area contributed by atoms with Gasteiger partial charge < -0.3 is 14.4 Å². The third kappa shape index (κ3) is 2.35. The standard InChI is InChI=1S/C10H8N2O4/c13-10(14)9-2-1-7(5-11-9)15-6-8-3-4-12-16-8/h1-5H,6H2,(H,13,14). The first-order chi connectivity index (χ1) is 7.75. The largest absolute Gasteiger partial charge is 0.484 e. The van der Waals surface area contributed by atoms with Crippen molar-refractivity contribution in [1.82, 2.24) is 10.1 Å². The van der Waals surface area contributed by atoms with E-state index in [1.165, 1.54) is 24.5 Å². The van der Waals surface area contributed by atoms with Crippen molar-refractivity contribution in [3.63, 3.8) is 0 Å². The number of carbonyl (C=O) groups is 1. The van der Waals surface area contributed by atoms with Gasteiger partial charge in [-0.05, 0) is 12.1 Å². The van der Waals surface area contributed by atoms with Crippen molar-refractivity contribution >= 4 is 5.97 Å². The number of nitrogens with zero attached hydrogens (tertiary/aromatic N) is 2. The molecule has 0 atom stereocenters. The van der Waals surface area contributed by atoms with E-state index in [-0.39, 0.29) is 12.3 Å². The number of pyridine rings is 1. The van der Waals surface area contributed by atoms with Gasteiger partial charge in [0.05, 0.1) is 12.4 Å². The van der Waals surface area contributed by atoms with Crippen LogP contribution in [0.1, 0.15) is 16.2 Å². The first-order valence-corrected chi connectivity index (χ1v) is 4.47. The van der Waals surface area contributed by atoms with Gasteiger partial charge in [0, 0.05) is 6.07 Å². The number of rotatable bonds is 4. The van der Waals surface area contributed by atoms with Gasteiger partial charge in [-0.15, -0.1) is 0 Å². The lowest BCUT2D eigenvalue weighted by atomic mass is 10.3. The van der Waals surface area contributed by atoms with Crippen LogP contribution >= 0.6 is 0 Å². The second-order valence-electron chi connectivity index (χ2n) is 2.95. The molecule has 2 aromatic rings. The Morgan fingerprint density at radius 1 is 1.44 bits per heavy atom. The molecule has 1 N–H and O–H groups in total. The first kappa shape index (κ1) is 10.2. The van der Waals surface area contributed by atoms with Gasteiger partial charge in [0.25, 0.3) is 0 Å². The molecule has 6 heteroatoms. The summed E-state index contributed by atoms with van der Waals surface area (Å²) in [5.74, 6) is -0.00880. The predicted octanol–water partition coefficient (Wildman–Crippen LogP) is 1.35. The molecule has 0 saturated carbocycles. The van der Waals surface area contributed by atoms with Gasteiger partial charge in [0.15, 0.2) is 5.76 Å². The van der Waals surface area contributed by atoms with E-state index in [1.54, 1.807) is 6.07 Å². The number of hydrogen-bond acceptors (Lipinski definition) is 5. The molecule has 0 unspecified atom stereocenters. The van der Waals surface area contributed by atoms with Gasteiger partial charge in [-0.2, -0.15) is 0 Å². The molecule has 0 amide bonds. The summed E-state index contributed by atoms with van der Waals surface area (Å²) in [5, 5.41) is 12.2. The lowest BCUT2D eigenvalue weighted by molar-refractivity contribution is 0.0690. The summed E-state index contributed by atoms with van der Waals surface area (Å²) in [5.41, 5.74) is -0.0213. The Labute approximate surface area is 90.5 Å². The average Bonchev–Trinajstić information content (AvgIpc) is 2.80. The quantitative estimate of drug-likeness (QED) is 0.836. The van der Waals surface area contributed by atoms with Gasteiger partial charge in [0.1, 0.15) is 18.1 Å². The molecule has 2 aromatic heterocycles. The predicted molar refractivity (Wildman–Crippen MR) is 52.0 cm³/mol.